The van der Waals surface area contributed by atoms with Crippen LogP contribution in [0.25, 0.3) is 0 Å². The second-order valence-corrected chi connectivity index (χ2v) is 8.52. The summed E-state index contributed by atoms with van der Waals surface area (Å²) in [6, 6.07) is 12.5. The van der Waals surface area contributed by atoms with E-state index in [1.165, 1.54) is 5.56 Å². The molecule has 0 saturated carbocycles. The van der Waals surface area contributed by atoms with Gasteiger partial charge in [-0.25, -0.2) is 8.42 Å². The third-order valence-electron chi connectivity index (χ3n) is 4.29. The summed E-state index contributed by atoms with van der Waals surface area (Å²) in [5, 5.41) is 2.69. The first-order chi connectivity index (χ1) is 13.7. The van der Waals surface area contributed by atoms with E-state index in [0.29, 0.717) is 18.0 Å². The first kappa shape index (κ1) is 22.5. The molecule has 8 heteroatoms. The fourth-order valence-corrected chi connectivity index (χ4v) is 3.53. The molecular formula is C21H28N2O5S. The molecule has 158 valence electrons. The van der Waals surface area contributed by atoms with Gasteiger partial charge in [0.1, 0.15) is 24.7 Å². The van der Waals surface area contributed by atoms with Gasteiger partial charge in [-0.2, -0.15) is 0 Å². The number of carbonyl (C=O) groups is 1. The predicted octanol–water partition coefficient (Wildman–Crippen LogP) is 2.66. The molecule has 0 fully saturated rings. The van der Waals surface area contributed by atoms with E-state index in [0.717, 1.165) is 21.9 Å². The quantitative estimate of drug-likeness (QED) is 0.598. The van der Waals surface area contributed by atoms with Crippen molar-refractivity contribution in [2.24, 2.45) is 0 Å². The summed E-state index contributed by atoms with van der Waals surface area (Å²) < 4.78 is 36.7. The third kappa shape index (κ3) is 6.67. The molecular weight excluding hydrogens is 392 g/mol. The Hall–Kier alpha value is -2.74. The molecule has 0 atom stereocenters. The number of hydrogen-bond donors (Lipinski definition) is 1. The van der Waals surface area contributed by atoms with Crippen LogP contribution in [0, 0.1) is 13.8 Å². The number of nitrogens with one attached hydrogen (secondary N) is 1. The fourth-order valence-electron chi connectivity index (χ4n) is 2.67. The normalized spacial score (nSPS) is 11.0. The first-order valence-corrected chi connectivity index (χ1v) is 11.2. The maximum absolute atomic E-state index is 12.3. The van der Waals surface area contributed by atoms with Crippen LogP contribution in [-0.4, -0.2) is 46.9 Å². The van der Waals surface area contributed by atoms with Gasteiger partial charge < -0.3 is 14.8 Å². The number of benzene rings is 2. The standard InChI is InChI=1S/C21H28N2O5S/c1-5-27-20-9-7-6-8-19(20)23(29(4,25)26)15-21(24)22-12-13-28-18-11-10-16(2)17(3)14-18/h6-11,14H,5,12-13,15H2,1-4H3,(H,22,24). The second-order valence-electron chi connectivity index (χ2n) is 6.61. The summed E-state index contributed by atoms with van der Waals surface area (Å²) in [6.07, 6.45) is 1.06. The molecule has 0 saturated heterocycles. The molecule has 2 rings (SSSR count). The number of carbonyl (C=O) groups excluding carboxylic acids is 1. The lowest BCUT2D eigenvalue weighted by Gasteiger charge is -2.24. The Kier molecular flexibility index (Phi) is 7.90. The number of amides is 1. The van der Waals surface area contributed by atoms with Gasteiger partial charge in [0.25, 0.3) is 0 Å². The van der Waals surface area contributed by atoms with Gasteiger partial charge in [0.15, 0.2) is 0 Å². The van der Waals surface area contributed by atoms with Crippen molar-refractivity contribution in [3.63, 3.8) is 0 Å². The second kappa shape index (κ2) is 10.2. The Labute approximate surface area is 172 Å². The average Bonchev–Trinajstić information content (AvgIpc) is 2.66. The van der Waals surface area contributed by atoms with Crippen molar-refractivity contribution in [2.75, 3.05) is 36.9 Å². The Morgan fingerprint density at radius 2 is 1.79 bits per heavy atom. The molecule has 0 spiro atoms. The zero-order valence-corrected chi connectivity index (χ0v) is 18.1. The fraction of sp³-hybridized carbons (Fsp3) is 0.381. The van der Waals surface area contributed by atoms with Gasteiger partial charge in [-0.05, 0) is 56.2 Å². The number of sulfonamides is 1. The van der Waals surface area contributed by atoms with E-state index in [-0.39, 0.29) is 19.7 Å². The van der Waals surface area contributed by atoms with E-state index >= 15 is 0 Å². The molecule has 0 heterocycles. The van der Waals surface area contributed by atoms with Crippen molar-refractivity contribution in [2.45, 2.75) is 20.8 Å². The average molecular weight is 421 g/mol. The van der Waals surface area contributed by atoms with Crippen molar-refractivity contribution in [3.8, 4) is 11.5 Å². The Morgan fingerprint density at radius 1 is 1.07 bits per heavy atom. The molecule has 0 aliphatic carbocycles. The van der Waals surface area contributed by atoms with Gasteiger partial charge in [0.2, 0.25) is 15.9 Å². The minimum atomic E-state index is -3.68. The molecule has 0 bridgehead atoms. The molecule has 1 amide bonds. The summed E-state index contributed by atoms with van der Waals surface area (Å²) in [5.74, 6) is 0.711. The highest BCUT2D eigenvalue weighted by atomic mass is 32.2. The number of nitrogens with zero attached hydrogens (tertiary/aromatic N) is 1. The van der Waals surface area contributed by atoms with E-state index < -0.39 is 15.9 Å². The van der Waals surface area contributed by atoms with Gasteiger partial charge in [0, 0.05) is 0 Å². The van der Waals surface area contributed by atoms with Crippen LogP contribution in [0.15, 0.2) is 42.5 Å². The van der Waals surface area contributed by atoms with Crippen LogP contribution in [0.1, 0.15) is 18.1 Å². The number of anilines is 1. The van der Waals surface area contributed by atoms with Crippen molar-refractivity contribution in [1.29, 1.82) is 0 Å². The van der Waals surface area contributed by atoms with Gasteiger partial charge in [-0.1, -0.05) is 18.2 Å². The molecule has 0 aliphatic rings. The SMILES string of the molecule is CCOc1ccccc1N(CC(=O)NCCOc1ccc(C)c(C)c1)S(C)(=O)=O. The largest absolute Gasteiger partial charge is 0.492 e. The molecule has 7 nitrogen and oxygen atoms in total. The zero-order valence-electron chi connectivity index (χ0n) is 17.3. The summed E-state index contributed by atoms with van der Waals surface area (Å²) in [5.41, 5.74) is 2.64. The lowest BCUT2D eigenvalue weighted by Crippen LogP contribution is -2.41. The number of para-hydroxylation sites is 2. The summed E-state index contributed by atoms with van der Waals surface area (Å²) >= 11 is 0. The molecule has 2 aromatic carbocycles. The van der Waals surface area contributed by atoms with Crippen molar-refractivity contribution < 1.29 is 22.7 Å². The summed E-state index contributed by atoms with van der Waals surface area (Å²) in [4.78, 5) is 12.3. The lowest BCUT2D eigenvalue weighted by atomic mass is 10.1. The minimum Gasteiger partial charge on any atom is -0.492 e. The predicted molar refractivity (Wildman–Crippen MR) is 114 cm³/mol. The lowest BCUT2D eigenvalue weighted by molar-refractivity contribution is -0.119. The number of aryl methyl sites for hydroxylation is 2. The maximum atomic E-state index is 12.3. The number of rotatable bonds is 10. The van der Waals surface area contributed by atoms with Crippen molar-refractivity contribution in [1.82, 2.24) is 5.32 Å². The van der Waals surface area contributed by atoms with E-state index in [4.69, 9.17) is 9.47 Å². The number of ether oxygens (including phenoxy) is 2. The van der Waals surface area contributed by atoms with Crippen LogP contribution in [0.3, 0.4) is 0 Å². The highest BCUT2D eigenvalue weighted by Crippen LogP contribution is 2.29. The van der Waals surface area contributed by atoms with Gasteiger partial charge in [-0.3, -0.25) is 9.10 Å². The van der Waals surface area contributed by atoms with Crippen molar-refractivity contribution >= 4 is 21.6 Å². The molecule has 2 aromatic rings. The Bertz CT molecular complexity index is 944. The third-order valence-corrected chi connectivity index (χ3v) is 5.42. The highest BCUT2D eigenvalue weighted by molar-refractivity contribution is 7.92. The van der Waals surface area contributed by atoms with Crippen molar-refractivity contribution in [3.05, 3.63) is 53.6 Å². The van der Waals surface area contributed by atoms with E-state index in [9.17, 15) is 13.2 Å². The zero-order chi connectivity index (χ0) is 21.4. The number of hydrogen-bond acceptors (Lipinski definition) is 5. The van der Waals surface area contributed by atoms with Crippen LogP contribution in [-0.2, 0) is 14.8 Å². The molecule has 0 radical (unpaired) electrons. The smallest absolute Gasteiger partial charge is 0.240 e. The van der Waals surface area contributed by atoms with Crippen LogP contribution >= 0.6 is 0 Å². The van der Waals surface area contributed by atoms with Crippen LogP contribution in [0.4, 0.5) is 5.69 Å². The molecule has 0 unspecified atom stereocenters. The minimum absolute atomic E-state index is 0.260. The summed E-state index contributed by atoms with van der Waals surface area (Å²) in [7, 11) is -3.68. The Balaban J connectivity index is 1.96. The highest BCUT2D eigenvalue weighted by Gasteiger charge is 2.23. The molecule has 29 heavy (non-hydrogen) atoms. The van der Waals surface area contributed by atoms with Gasteiger partial charge >= 0.3 is 0 Å². The molecule has 0 aliphatic heterocycles. The van der Waals surface area contributed by atoms with E-state index in [2.05, 4.69) is 5.32 Å². The topological polar surface area (TPSA) is 84.9 Å². The maximum Gasteiger partial charge on any atom is 0.240 e. The summed E-state index contributed by atoms with van der Waals surface area (Å²) in [6.45, 7) is 6.42. The molecule has 0 aromatic heterocycles. The van der Waals surface area contributed by atoms with E-state index in [1.54, 1.807) is 24.3 Å². The van der Waals surface area contributed by atoms with Crippen LogP contribution in [0.2, 0.25) is 0 Å². The van der Waals surface area contributed by atoms with Gasteiger partial charge in [0.05, 0.1) is 25.1 Å². The Morgan fingerprint density at radius 3 is 2.45 bits per heavy atom. The first-order valence-electron chi connectivity index (χ1n) is 9.38. The van der Waals surface area contributed by atoms with E-state index in [1.807, 2.05) is 39.0 Å². The van der Waals surface area contributed by atoms with Gasteiger partial charge in [-0.15, -0.1) is 0 Å². The van der Waals surface area contributed by atoms with Crippen LogP contribution in [0.5, 0.6) is 11.5 Å². The van der Waals surface area contributed by atoms with Crippen LogP contribution < -0.4 is 19.1 Å². The monoisotopic (exact) mass is 420 g/mol. The molecule has 1 N–H and O–H groups in total.